The molecule has 7 heteroatoms. The van der Waals surface area contributed by atoms with Crippen molar-refractivity contribution < 1.29 is 24.2 Å². The maximum Gasteiger partial charge on any atom is 0.261 e. The summed E-state index contributed by atoms with van der Waals surface area (Å²) in [7, 11) is 0. The van der Waals surface area contributed by atoms with Gasteiger partial charge < -0.3 is 20.3 Å². The molecule has 0 atom stereocenters. The standard InChI is InChI=1S/C17H15NO3.C9H13NO.C2H6O/c19-16-14-8-4-5-9-15(14)17(20)18(16)10-11-21-12-13-6-2-1-3-7-13;10-6-7-11-8-9-4-2-1-3-5-9;1-2-3/h1-9H,10-12H2;1-5H,6-8,10H2;3H,2H2,1H3. The molecule has 0 aliphatic carbocycles. The fourth-order valence-electron chi connectivity index (χ4n) is 3.21. The van der Waals surface area contributed by atoms with Crippen molar-refractivity contribution in [3.63, 3.8) is 0 Å². The second-order valence-corrected chi connectivity index (χ2v) is 7.49. The number of ether oxygens (including phenoxy) is 2. The van der Waals surface area contributed by atoms with Gasteiger partial charge in [-0.3, -0.25) is 14.5 Å². The summed E-state index contributed by atoms with van der Waals surface area (Å²) in [6.07, 6.45) is 0. The van der Waals surface area contributed by atoms with E-state index in [9.17, 15) is 9.59 Å². The Morgan fingerprint density at radius 3 is 1.54 bits per heavy atom. The van der Waals surface area contributed by atoms with Gasteiger partial charge in [0.2, 0.25) is 0 Å². The number of nitrogens with two attached hydrogens (primary N) is 1. The zero-order chi connectivity index (χ0) is 25.3. The summed E-state index contributed by atoms with van der Waals surface area (Å²) in [5, 5.41) is 7.57. The molecule has 3 aromatic carbocycles. The minimum atomic E-state index is -0.237. The molecule has 0 saturated heterocycles. The minimum absolute atomic E-state index is 0.237. The van der Waals surface area contributed by atoms with Crippen molar-refractivity contribution in [3.8, 4) is 0 Å². The van der Waals surface area contributed by atoms with E-state index in [1.54, 1.807) is 31.2 Å². The van der Waals surface area contributed by atoms with E-state index >= 15 is 0 Å². The van der Waals surface area contributed by atoms with Gasteiger partial charge in [-0.05, 0) is 30.2 Å². The summed E-state index contributed by atoms with van der Waals surface area (Å²) in [5.41, 5.74) is 8.49. The number of rotatable bonds is 9. The van der Waals surface area contributed by atoms with E-state index in [1.807, 2.05) is 60.7 Å². The predicted molar refractivity (Wildman–Crippen MR) is 136 cm³/mol. The largest absolute Gasteiger partial charge is 0.397 e. The van der Waals surface area contributed by atoms with Crippen LogP contribution >= 0.6 is 0 Å². The van der Waals surface area contributed by atoms with Gasteiger partial charge in [0.1, 0.15) is 0 Å². The van der Waals surface area contributed by atoms with E-state index in [2.05, 4.69) is 0 Å². The second-order valence-electron chi connectivity index (χ2n) is 7.49. The van der Waals surface area contributed by atoms with Crippen LogP contribution in [0.4, 0.5) is 0 Å². The number of amides is 2. The number of carbonyl (C=O) groups excluding carboxylic acids is 2. The summed E-state index contributed by atoms with van der Waals surface area (Å²) >= 11 is 0. The number of benzene rings is 3. The highest BCUT2D eigenvalue weighted by atomic mass is 16.5. The Labute approximate surface area is 207 Å². The molecule has 1 aliphatic heterocycles. The van der Waals surface area contributed by atoms with Crippen LogP contribution in [-0.4, -0.2) is 54.7 Å². The molecule has 0 aromatic heterocycles. The Kier molecular flexibility index (Phi) is 13.0. The van der Waals surface area contributed by atoms with Crippen molar-refractivity contribution in [2.45, 2.75) is 20.1 Å². The van der Waals surface area contributed by atoms with Crippen molar-refractivity contribution in [1.29, 1.82) is 0 Å². The fourth-order valence-corrected chi connectivity index (χ4v) is 3.21. The first-order valence-corrected chi connectivity index (χ1v) is 11.6. The van der Waals surface area contributed by atoms with E-state index in [0.29, 0.717) is 44.1 Å². The van der Waals surface area contributed by atoms with Gasteiger partial charge in [0.15, 0.2) is 0 Å². The first-order chi connectivity index (χ1) is 17.1. The zero-order valence-electron chi connectivity index (χ0n) is 20.1. The number of hydrogen-bond donors (Lipinski definition) is 2. The zero-order valence-corrected chi connectivity index (χ0v) is 20.1. The van der Waals surface area contributed by atoms with Crippen LogP contribution in [0.25, 0.3) is 0 Å². The Morgan fingerprint density at radius 2 is 1.11 bits per heavy atom. The lowest BCUT2D eigenvalue weighted by atomic mass is 10.1. The van der Waals surface area contributed by atoms with Crippen molar-refractivity contribution in [1.82, 2.24) is 4.90 Å². The third kappa shape index (κ3) is 9.42. The fraction of sp³-hybridized carbons (Fsp3) is 0.286. The lowest BCUT2D eigenvalue weighted by Crippen LogP contribution is -2.33. The number of hydrogen-bond acceptors (Lipinski definition) is 6. The predicted octanol–water partition coefficient (Wildman–Crippen LogP) is 3.66. The van der Waals surface area contributed by atoms with Crippen molar-refractivity contribution in [3.05, 3.63) is 107 Å². The monoisotopic (exact) mass is 478 g/mol. The van der Waals surface area contributed by atoms with Gasteiger partial charge >= 0.3 is 0 Å². The molecule has 0 fully saturated rings. The van der Waals surface area contributed by atoms with Gasteiger partial charge in [-0.25, -0.2) is 0 Å². The van der Waals surface area contributed by atoms with Crippen LogP contribution in [0.15, 0.2) is 84.9 Å². The van der Waals surface area contributed by atoms with Crippen LogP contribution in [0.5, 0.6) is 0 Å². The van der Waals surface area contributed by atoms with E-state index in [0.717, 1.165) is 5.56 Å². The molecule has 4 rings (SSSR count). The third-order valence-electron chi connectivity index (χ3n) is 4.82. The van der Waals surface area contributed by atoms with Crippen molar-refractivity contribution >= 4 is 11.8 Å². The Bertz CT molecular complexity index is 977. The summed E-state index contributed by atoms with van der Waals surface area (Å²) in [4.78, 5) is 25.5. The number of fused-ring (bicyclic) bond motifs is 1. The van der Waals surface area contributed by atoms with Gasteiger partial charge in [0.25, 0.3) is 11.8 Å². The van der Waals surface area contributed by atoms with Crippen molar-refractivity contribution in [2.24, 2.45) is 5.73 Å². The molecule has 2 amide bonds. The summed E-state index contributed by atoms with van der Waals surface area (Å²) in [6, 6.07) is 26.7. The lowest BCUT2D eigenvalue weighted by molar-refractivity contribution is 0.0545. The Morgan fingerprint density at radius 1 is 0.714 bits per heavy atom. The molecule has 1 heterocycles. The first kappa shape index (κ1) is 27.9. The molecule has 0 saturated carbocycles. The van der Waals surface area contributed by atoms with E-state index < -0.39 is 0 Å². The van der Waals surface area contributed by atoms with Crippen LogP contribution in [0, 0.1) is 0 Å². The summed E-state index contributed by atoms with van der Waals surface area (Å²) in [6.45, 7) is 4.91. The van der Waals surface area contributed by atoms with Gasteiger partial charge in [0.05, 0.1) is 44.1 Å². The van der Waals surface area contributed by atoms with Crippen LogP contribution in [-0.2, 0) is 22.7 Å². The van der Waals surface area contributed by atoms with Crippen LogP contribution in [0.1, 0.15) is 38.8 Å². The van der Waals surface area contributed by atoms with Crippen LogP contribution < -0.4 is 5.73 Å². The first-order valence-electron chi connectivity index (χ1n) is 11.6. The maximum absolute atomic E-state index is 12.1. The SMILES string of the molecule is CCO.NCCOCc1ccccc1.O=C1c2ccccc2C(=O)N1CCOCc1ccccc1. The molecule has 1 aliphatic rings. The minimum Gasteiger partial charge on any atom is -0.397 e. The second kappa shape index (κ2) is 16.3. The van der Waals surface area contributed by atoms with Crippen LogP contribution in [0.2, 0.25) is 0 Å². The molecule has 35 heavy (non-hydrogen) atoms. The van der Waals surface area contributed by atoms with Crippen LogP contribution in [0.3, 0.4) is 0 Å². The maximum atomic E-state index is 12.1. The average Bonchev–Trinajstić information content (AvgIpc) is 3.14. The lowest BCUT2D eigenvalue weighted by Gasteiger charge is -2.13. The van der Waals surface area contributed by atoms with Gasteiger partial charge in [-0.2, -0.15) is 0 Å². The molecule has 7 nitrogen and oxygen atoms in total. The summed E-state index contributed by atoms with van der Waals surface area (Å²) < 4.78 is 10.8. The van der Waals surface area contributed by atoms with E-state index in [1.165, 1.54) is 10.5 Å². The molecule has 3 aromatic rings. The van der Waals surface area contributed by atoms with Gasteiger partial charge in [-0.1, -0.05) is 72.8 Å². The third-order valence-corrected chi connectivity index (χ3v) is 4.82. The highest BCUT2D eigenvalue weighted by Crippen LogP contribution is 2.21. The highest BCUT2D eigenvalue weighted by Gasteiger charge is 2.34. The number of aliphatic hydroxyl groups excluding tert-OH is 1. The molecule has 186 valence electrons. The average molecular weight is 479 g/mol. The Balaban J connectivity index is 0.000000260. The molecular formula is C28H34N2O5. The van der Waals surface area contributed by atoms with E-state index in [4.69, 9.17) is 20.3 Å². The quantitative estimate of drug-likeness (QED) is 0.360. The highest BCUT2D eigenvalue weighted by molar-refractivity contribution is 6.21. The van der Waals surface area contributed by atoms with E-state index in [-0.39, 0.29) is 25.0 Å². The number of aliphatic hydroxyl groups is 1. The smallest absolute Gasteiger partial charge is 0.261 e. The van der Waals surface area contributed by atoms with Gasteiger partial charge in [-0.15, -0.1) is 0 Å². The molecule has 0 unspecified atom stereocenters. The molecular weight excluding hydrogens is 444 g/mol. The number of imide groups is 1. The number of nitrogens with zero attached hydrogens (tertiary/aromatic N) is 1. The topological polar surface area (TPSA) is 102 Å². The summed E-state index contributed by atoms with van der Waals surface area (Å²) in [5.74, 6) is -0.474. The number of carbonyl (C=O) groups is 2. The molecule has 0 spiro atoms. The van der Waals surface area contributed by atoms with Crippen molar-refractivity contribution in [2.75, 3.05) is 32.9 Å². The molecule has 0 bridgehead atoms. The van der Waals surface area contributed by atoms with Gasteiger partial charge in [0, 0.05) is 13.2 Å². The molecule has 0 radical (unpaired) electrons. The normalized spacial score (nSPS) is 11.8. The Hall–Kier alpha value is -3.36. The molecule has 3 N–H and O–H groups in total.